The number of hydrogen-bond acceptors (Lipinski definition) is 5. The first-order chi connectivity index (χ1) is 13.2. The molecule has 1 aromatic carbocycles. The molecule has 2 unspecified atom stereocenters. The number of rotatable bonds is 6. The first-order valence-electron chi connectivity index (χ1n) is 9.62. The lowest BCUT2D eigenvalue weighted by molar-refractivity contribution is 0.0596. The van der Waals surface area contributed by atoms with Crippen molar-refractivity contribution in [1.82, 2.24) is 0 Å². The summed E-state index contributed by atoms with van der Waals surface area (Å²) < 4.78 is 4.84. The summed E-state index contributed by atoms with van der Waals surface area (Å²) in [5, 5.41) is 32.5. The maximum atomic E-state index is 12.4. The van der Waals surface area contributed by atoms with Crippen LogP contribution in [0.4, 0.5) is 0 Å². The summed E-state index contributed by atoms with van der Waals surface area (Å²) in [7, 11) is 1.21. The highest BCUT2D eigenvalue weighted by Crippen LogP contribution is 2.52. The molecule has 152 valence electrons. The highest BCUT2D eigenvalue weighted by atomic mass is 16.5. The van der Waals surface area contributed by atoms with E-state index in [0.29, 0.717) is 0 Å². The summed E-state index contributed by atoms with van der Waals surface area (Å²) in [6.07, 6.45) is 8.59. The number of phenols is 3. The molecule has 28 heavy (non-hydrogen) atoms. The van der Waals surface area contributed by atoms with E-state index in [1.54, 1.807) is 6.08 Å². The Kier molecular flexibility index (Phi) is 6.95. The molecule has 0 radical (unpaired) electrons. The Morgan fingerprint density at radius 3 is 2.54 bits per heavy atom. The van der Waals surface area contributed by atoms with Gasteiger partial charge >= 0.3 is 5.97 Å². The number of esters is 1. The average Bonchev–Trinajstić information content (AvgIpc) is 2.65. The quantitative estimate of drug-likeness (QED) is 0.263. The fourth-order valence-corrected chi connectivity index (χ4v) is 3.81. The molecule has 1 aromatic rings. The summed E-state index contributed by atoms with van der Waals surface area (Å²) >= 11 is 0. The lowest BCUT2D eigenvalue weighted by atomic mass is 9.73. The molecule has 0 fully saturated rings. The monoisotopic (exact) mass is 386 g/mol. The van der Waals surface area contributed by atoms with Crippen LogP contribution in [0.5, 0.6) is 17.2 Å². The number of allylic oxidation sites excluding steroid dienone is 4. The Morgan fingerprint density at radius 1 is 1.29 bits per heavy atom. The molecule has 3 N–H and O–H groups in total. The molecule has 0 spiro atoms. The van der Waals surface area contributed by atoms with Gasteiger partial charge in [0, 0.05) is 17.0 Å². The molecule has 0 aliphatic heterocycles. The Labute approximate surface area is 166 Å². The second-order valence-corrected chi connectivity index (χ2v) is 7.46. The van der Waals surface area contributed by atoms with Gasteiger partial charge in [-0.15, -0.1) is 0 Å². The third-order valence-corrected chi connectivity index (χ3v) is 5.34. The largest absolute Gasteiger partial charge is 0.507 e. The van der Waals surface area contributed by atoms with Crippen LogP contribution in [0.3, 0.4) is 0 Å². The zero-order chi connectivity index (χ0) is 21.0. The fraction of sp³-hybridized carbons (Fsp3) is 0.435. The van der Waals surface area contributed by atoms with Crippen LogP contribution < -0.4 is 0 Å². The minimum Gasteiger partial charge on any atom is -0.507 e. The van der Waals surface area contributed by atoms with Crippen LogP contribution in [0, 0.1) is 5.92 Å². The van der Waals surface area contributed by atoms with Crippen LogP contribution >= 0.6 is 0 Å². The summed E-state index contributed by atoms with van der Waals surface area (Å²) in [6.45, 7) is 9.93. The van der Waals surface area contributed by atoms with Crippen molar-refractivity contribution in [3.8, 4) is 17.2 Å². The standard InChI is InChI=1S/C23H30O5/c1-6-7-8-9-16-19(23(27)28-5)21(25)18(22(26)20(16)24)17-12-14(4)10-11-15(17)13(2)3/h8-9,12,15,17,24-26H,2,6-7,10-11H2,1,3-5H3/b9-8+. The Hall–Kier alpha value is -2.69. The van der Waals surface area contributed by atoms with Crippen molar-refractivity contribution in [1.29, 1.82) is 0 Å². The predicted octanol–water partition coefficient (Wildman–Crippen LogP) is 5.42. The van der Waals surface area contributed by atoms with E-state index in [4.69, 9.17) is 4.74 Å². The van der Waals surface area contributed by atoms with E-state index in [2.05, 4.69) is 6.58 Å². The van der Waals surface area contributed by atoms with E-state index in [-0.39, 0.29) is 28.4 Å². The minimum absolute atomic E-state index is 0.0214. The van der Waals surface area contributed by atoms with E-state index >= 15 is 0 Å². The van der Waals surface area contributed by atoms with Gasteiger partial charge < -0.3 is 20.1 Å². The second kappa shape index (κ2) is 9.00. The molecule has 0 saturated carbocycles. The molecular formula is C23H30O5. The van der Waals surface area contributed by atoms with Gasteiger partial charge in [-0.05, 0) is 39.0 Å². The number of methoxy groups -OCH3 is 1. The molecule has 0 saturated heterocycles. The number of carbonyl (C=O) groups is 1. The first kappa shape index (κ1) is 21.6. The average molecular weight is 386 g/mol. The number of aromatic hydroxyl groups is 3. The fourth-order valence-electron chi connectivity index (χ4n) is 3.81. The molecule has 0 aromatic heterocycles. The molecule has 2 rings (SSSR count). The van der Waals surface area contributed by atoms with Gasteiger partial charge in [-0.25, -0.2) is 4.79 Å². The predicted molar refractivity (Wildman–Crippen MR) is 111 cm³/mol. The number of carbonyl (C=O) groups excluding carboxylic acids is 1. The first-order valence-corrected chi connectivity index (χ1v) is 9.62. The van der Waals surface area contributed by atoms with Crippen LogP contribution in [0.2, 0.25) is 0 Å². The van der Waals surface area contributed by atoms with E-state index in [0.717, 1.165) is 36.8 Å². The molecule has 1 aliphatic rings. The molecular weight excluding hydrogens is 356 g/mol. The Bertz CT molecular complexity index is 832. The van der Waals surface area contributed by atoms with Gasteiger partial charge in [0.15, 0.2) is 11.5 Å². The van der Waals surface area contributed by atoms with Gasteiger partial charge in [0.25, 0.3) is 0 Å². The van der Waals surface area contributed by atoms with Crippen LogP contribution in [-0.4, -0.2) is 28.4 Å². The number of benzene rings is 1. The number of hydrogen-bond donors (Lipinski definition) is 3. The van der Waals surface area contributed by atoms with Gasteiger partial charge in [0.1, 0.15) is 11.3 Å². The van der Waals surface area contributed by atoms with Crippen molar-refractivity contribution in [2.24, 2.45) is 5.92 Å². The normalized spacial score (nSPS) is 19.5. The van der Waals surface area contributed by atoms with Crippen molar-refractivity contribution >= 4 is 12.0 Å². The van der Waals surface area contributed by atoms with Crippen LogP contribution in [0.25, 0.3) is 6.08 Å². The highest BCUT2D eigenvalue weighted by Gasteiger charge is 2.35. The van der Waals surface area contributed by atoms with E-state index in [9.17, 15) is 20.1 Å². The lowest BCUT2D eigenvalue weighted by Gasteiger charge is -2.32. The van der Waals surface area contributed by atoms with E-state index < -0.39 is 23.4 Å². The molecule has 5 nitrogen and oxygen atoms in total. The van der Waals surface area contributed by atoms with Crippen LogP contribution in [0.1, 0.15) is 73.9 Å². The van der Waals surface area contributed by atoms with Crippen molar-refractivity contribution in [3.05, 3.63) is 46.6 Å². The summed E-state index contributed by atoms with van der Waals surface area (Å²) in [6, 6.07) is 0. The van der Waals surface area contributed by atoms with Gasteiger partial charge in [0.2, 0.25) is 0 Å². The molecule has 1 aliphatic carbocycles. The van der Waals surface area contributed by atoms with Crippen molar-refractivity contribution in [3.63, 3.8) is 0 Å². The maximum Gasteiger partial charge on any atom is 0.342 e. The molecule has 0 heterocycles. The van der Waals surface area contributed by atoms with Gasteiger partial charge in [-0.1, -0.05) is 49.3 Å². The maximum absolute atomic E-state index is 12.4. The van der Waals surface area contributed by atoms with Crippen LogP contribution in [0.15, 0.2) is 29.9 Å². The van der Waals surface area contributed by atoms with Crippen LogP contribution in [-0.2, 0) is 4.74 Å². The Morgan fingerprint density at radius 2 is 1.96 bits per heavy atom. The second-order valence-electron chi connectivity index (χ2n) is 7.46. The van der Waals surface area contributed by atoms with Crippen molar-refractivity contribution in [2.45, 2.75) is 52.4 Å². The van der Waals surface area contributed by atoms with Crippen molar-refractivity contribution < 1.29 is 24.9 Å². The number of unbranched alkanes of at least 4 members (excludes halogenated alkanes) is 1. The molecule has 2 atom stereocenters. The SMILES string of the molecule is C=C(C)C1CCC(C)=CC1c1c(O)c(O)c(/C=C/CCC)c(C(=O)OC)c1O. The lowest BCUT2D eigenvalue weighted by Crippen LogP contribution is -2.18. The third-order valence-electron chi connectivity index (χ3n) is 5.34. The highest BCUT2D eigenvalue weighted by molar-refractivity contribution is 5.99. The number of ether oxygens (including phenoxy) is 1. The van der Waals surface area contributed by atoms with Gasteiger partial charge in [0.05, 0.1) is 7.11 Å². The minimum atomic E-state index is -0.770. The molecule has 5 heteroatoms. The smallest absolute Gasteiger partial charge is 0.342 e. The summed E-state index contributed by atoms with van der Waals surface area (Å²) in [4.78, 5) is 12.4. The zero-order valence-corrected chi connectivity index (χ0v) is 17.1. The van der Waals surface area contributed by atoms with Gasteiger partial charge in [-0.2, -0.15) is 0 Å². The topological polar surface area (TPSA) is 87.0 Å². The van der Waals surface area contributed by atoms with Crippen molar-refractivity contribution in [2.75, 3.05) is 7.11 Å². The Balaban J connectivity index is 2.79. The molecule has 0 bridgehead atoms. The summed E-state index contributed by atoms with van der Waals surface area (Å²) in [5.41, 5.74) is 2.09. The molecule has 0 amide bonds. The number of phenolic OH excluding ortho intramolecular Hbond substituents is 3. The van der Waals surface area contributed by atoms with E-state index in [1.165, 1.54) is 13.2 Å². The third kappa shape index (κ3) is 4.08. The summed E-state index contributed by atoms with van der Waals surface area (Å²) in [5.74, 6) is -2.39. The zero-order valence-electron chi connectivity index (χ0n) is 17.1. The van der Waals surface area contributed by atoms with Gasteiger partial charge in [-0.3, -0.25) is 0 Å². The van der Waals surface area contributed by atoms with E-state index in [1.807, 2.05) is 26.8 Å².